The summed E-state index contributed by atoms with van der Waals surface area (Å²) in [5.41, 5.74) is 0.527. The van der Waals surface area contributed by atoms with Crippen LogP contribution in [0.25, 0.3) is 0 Å². The second-order valence-corrected chi connectivity index (χ2v) is 5.20. The van der Waals surface area contributed by atoms with E-state index in [0.717, 1.165) is 13.1 Å². The van der Waals surface area contributed by atoms with E-state index in [-0.39, 0.29) is 29.8 Å². The lowest BCUT2D eigenvalue weighted by Crippen LogP contribution is -2.39. The van der Waals surface area contributed by atoms with Crippen molar-refractivity contribution in [3.8, 4) is 0 Å². The Morgan fingerprint density at radius 3 is 2.52 bits per heavy atom. The van der Waals surface area contributed by atoms with Gasteiger partial charge in [-0.1, -0.05) is 17.7 Å². The maximum Gasteiger partial charge on any atom is 0.191 e. The summed E-state index contributed by atoms with van der Waals surface area (Å²) >= 11 is 6.00. The van der Waals surface area contributed by atoms with E-state index >= 15 is 0 Å². The zero-order valence-corrected chi connectivity index (χ0v) is 16.0. The van der Waals surface area contributed by atoms with Crippen LogP contribution in [0.5, 0.6) is 0 Å². The molecule has 0 radical (unpaired) electrons. The van der Waals surface area contributed by atoms with E-state index in [4.69, 9.17) is 11.6 Å². The third kappa shape index (κ3) is 6.39. The summed E-state index contributed by atoms with van der Waals surface area (Å²) in [6.07, 6.45) is 4.53. The molecule has 1 heterocycles. The van der Waals surface area contributed by atoms with E-state index < -0.39 is 0 Å². The Morgan fingerprint density at radius 1 is 1.17 bits per heavy atom. The Balaban J connectivity index is 0.00000264. The van der Waals surface area contributed by atoms with Gasteiger partial charge in [0.25, 0.3) is 0 Å². The molecule has 0 fully saturated rings. The Labute approximate surface area is 158 Å². The van der Waals surface area contributed by atoms with Crippen molar-refractivity contribution in [1.29, 1.82) is 0 Å². The fourth-order valence-electron chi connectivity index (χ4n) is 2.12. The summed E-state index contributed by atoms with van der Waals surface area (Å²) in [6.45, 7) is 2.17. The van der Waals surface area contributed by atoms with Crippen LogP contribution in [0.1, 0.15) is 5.56 Å². The van der Waals surface area contributed by atoms with Crippen LogP contribution in [0.4, 0.5) is 4.39 Å². The van der Waals surface area contributed by atoms with E-state index in [9.17, 15) is 4.39 Å². The second-order valence-electron chi connectivity index (χ2n) is 4.80. The van der Waals surface area contributed by atoms with Gasteiger partial charge < -0.3 is 15.2 Å². The molecule has 4 nitrogen and oxygen atoms in total. The average Bonchev–Trinajstić information content (AvgIpc) is 3.01. The largest absolute Gasteiger partial charge is 0.356 e. The summed E-state index contributed by atoms with van der Waals surface area (Å²) in [5, 5.41) is 6.83. The molecule has 0 bridgehead atoms. The number of halogens is 3. The molecule has 2 aromatic rings. The van der Waals surface area contributed by atoms with Crippen LogP contribution >= 0.6 is 35.6 Å². The van der Waals surface area contributed by atoms with E-state index in [1.54, 1.807) is 19.2 Å². The molecule has 0 saturated carbocycles. The SMILES string of the molecule is CN=C(NCCc1c(F)cccc1Cl)NCCn1cccc1.I. The first-order valence-electron chi connectivity index (χ1n) is 7.19. The molecule has 0 atom stereocenters. The predicted molar refractivity (Wildman–Crippen MR) is 104 cm³/mol. The van der Waals surface area contributed by atoms with Crippen molar-refractivity contribution in [2.75, 3.05) is 20.1 Å². The number of nitrogens with zero attached hydrogens (tertiary/aromatic N) is 2. The van der Waals surface area contributed by atoms with Crippen LogP contribution in [0.15, 0.2) is 47.7 Å². The summed E-state index contributed by atoms with van der Waals surface area (Å²) in [4.78, 5) is 4.14. The minimum atomic E-state index is -0.273. The van der Waals surface area contributed by atoms with Crippen molar-refractivity contribution in [3.63, 3.8) is 0 Å². The van der Waals surface area contributed by atoms with E-state index in [1.807, 2.05) is 24.5 Å². The quantitative estimate of drug-likeness (QED) is 0.403. The number of aliphatic imine (C=N–C) groups is 1. The Kier molecular flexibility index (Phi) is 9.01. The molecule has 1 aromatic carbocycles. The minimum absolute atomic E-state index is 0. The maximum absolute atomic E-state index is 13.7. The van der Waals surface area contributed by atoms with Gasteiger partial charge in [0.15, 0.2) is 5.96 Å². The molecular weight excluding hydrogens is 430 g/mol. The third-order valence-corrected chi connectivity index (χ3v) is 3.64. The van der Waals surface area contributed by atoms with Gasteiger partial charge >= 0.3 is 0 Å². The fraction of sp³-hybridized carbons (Fsp3) is 0.312. The zero-order chi connectivity index (χ0) is 15.8. The topological polar surface area (TPSA) is 41.4 Å². The third-order valence-electron chi connectivity index (χ3n) is 3.28. The van der Waals surface area contributed by atoms with Crippen LogP contribution in [0, 0.1) is 5.82 Å². The molecule has 0 unspecified atom stereocenters. The van der Waals surface area contributed by atoms with Crippen LogP contribution in [0.2, 0.25) is 5.02 Å². The lowest BCUT2D eigenvalue weighted by atomic mass is 10.1. The Bertz CT molecular complexity index is 596. The van der Waals surface area contributed by atoms with E-state index in [2.05, 4.69) is 20.2 Å². The van der Waals surface area contributed by atoms with Crippen molar-refractivity contribution in [2.24, 2.45) is 4.99 Å². The highest BCUT2D eigenvalue weighted by Gasteiger charge is 2.06. The van der Waals surface area contributed by atoms with Gasteiger partial charge in [0.05, 0.1) is 0 Å². The van der Waals surface area contributed by atoms with Crippen LogP contribution in [0.3, 0.4) is 0 Å². The van der Waals surface area contributed by atoms with Crippen molar-refractivity contribution >= 4 is 41.5 Å². The molecule has 7 heteroatoms. The minimum Gasteiger partial charge on any atom is -0.356 e. The van der Waals surface area contributed by atoms with E-state index in [0.29, 0.717) is 29.5 Å². The Morgan fingerprint density at radius 2 is 1.87 bits per heavy atom. The van der Waals surface area contributed by atoms with Crippen LogP contribution in [-0.4, -0.2) is 30.7 Å². The molecule has 23 heavy (non-hydrogen) atoms. The number of guanidine groups is 1. The smallest absolute Gasteiger partial charge is 0.191 e. The molecule has 0 spiro atoms. The summed E-state index contributed by atoms with van der Waals surface area (Å²) in [7, 11) is 1.71. The van der Waals surface area contributed by atoms with Crippen LogP contribution in [-0.2, 0) is 13.0 Å². The normalized spacial score (nSPS) is 11.0. The van der Waals surface area contributed by atoms with Gasteiger partial charge in [0.2, 0.25) is 0 Å². The monoisotopic (exact) mass is 450 g/mol. The number of rotatable bonds is 6. The molecule has 126 valence electrons. The summed E-state index contributed by atoms with van der Waals surface area (Å²) in [6, 6.07) is 8.71. The predicted octanol–water partition coefficient (Wildman–Crippen LogP) is 3.31. The number of benzene rings is 1. The molecular formula is C16H21ClFIN4. The Hall–Kier alpha value is -1.28. The number of aromatic nitrogens is 1. The molecule has 0 saturated heterocycles. The first kappa shape index (κ1) is 19.8. The molecule has 0 aliphatic carbocycles. The van der Waals surface area contributed by atoms with Crippen molar-refractivity contribution in [1.82, 2.24) is 15.2 Å². The van der Waals surface area contributed by atoms with Gasteiger partial charge in [-0.05, 0) is 30.7 Å². The van der Waals surface area contributed by atoms with Gasteiger partial charge in [0, 0.05) is 49.7 Å². The number of nitrogens with one attached hydrogen (secondary N) is 2. The van der Waals surface area contributed by atoms with Crippen molar-refractivity contribution in [2.45, 2.75) is 13.0 Å². The lowest BCUT2D eigenvalue weighted by Gasteiger charge is -2.13. The standard InChI is InChI=1S/C16H20ClFN4.HI/c1-19-16(21-9-12-22-10-2-3-11-22)20-8-7-13-14(17)5-4-6-15(13)18;/h2-6,10-11H,7-9,12H2,1H3,(H2,19,20,21);1H. The molecule has 2 N–H and O–H groups in total. The average molecular weight is 451 g/mol. The van der Waals surface area contributed by atoms with Gasteiger partial charge in [0.1, 0.15) is 5.82 Å². The highest BCUT2D eigenvalue weighted by Crippen LogP contribution is 2.18. The van der Waals surface area contributed by atoms with Crippen molar-refractivity contribution in [3.05, 3.63) is 59.1 Å². The fourth-order valence-corrected chi connectivity index (χ4v) is 2.38. The highest BCUT2D eigenvalue weighted by atomic mass is 127. The molecule has 2 rings (SSSR count). The maximum atomic E-state index is 13.7. The second kappa shape index (κ2) is 10.5. The van der Waals surface area contributed by atoms with Crippen LogP contribution < -0.4 is 10.6 Å². The van der Waals surface area contributed by atoms with Crippen molar-refractivity contribution < 1.29 is 4.39 Å². The molecule has 1 aromatic heterocycles. The van der Waals surface area contributed by atoms with Gasteiger partial charge in [-0.25, -0.2) is 4.39 Å². The molecule has 0 aliphatic rings. The molecule has 0 amide bonds. The molecule has 0 aliphatic heterocycles. The van der Waals surface area contributed by atoms with Gasteiger partial charge in [-0.2, -0.15) is 0 Å². The van der Waals surface area contributed by atoms with E-state index in [1.165, 1.54) is 6.07 Å². The highest BCUT2D eigenvalue weighted by molar-refractivity contribution is 14.0. The summed E-state index contributed by atoms with van der Waals surface area (Å²) < 4.78 is 15.7. The first-order valence-corrected chi connectivity index (χ1v) is 7.56. The summed E-state index contributed by atoms with van der Waals surface area (Å²) in [5.74, 6) is 0.421. The number of hydrogen-bond acceptors (Lipinski definition) is 1. The first-order chi connectivity index (χ1) is 10.7. The zero-order valence-electron chi connectivity index (χ0n) is 12.9. The number of hydrogen-bond donors (Lipinski definition) is 2. The van der Waals surface area contributed by atoms with Gasteiger partial charge in [-0.3, -0.25) is 4.99 Å². The van der Waals surface area contributed by atoms with Gasteiger partial charge in [-0.15, -0.1) is 24.0 Å². The lowest BCUT2D eigenvalue weighted by molar-refractivity contribution is 0.606.